The SMILES string of the molecule is OC(c1ccncc1)c1nccnc1F. The highest BCUT2D eigenvalue weighted by Crippen LogP contribution is 2.19. The molecule has 1 N–H and O–H groups in total. The van der Waals surface area contributed by atoms with Gasteiger partial charge in [-0.2, -0.15) is 4.39 Å². The van der Waals surface area contributed by atoms with Gasteiger partial charge in [-0.25, -0.2) is 4.98 Å². The molecule has 0 aliphatic heterocycles. The maximum Gasteiger partial charge on any atom is 0.237 e. The molecule has 0 saturated heterocycles. The average molecular weight is 205 g/mol. The monoisotopic (exact) mass is 205 g/mol. The Morgan fingerprint density at radius 1 is 1.07 bits per heavy atom. The van der Waals surface area contributed by atoms with Crippen molar-refractivity contribution < 1.29 is 9.50 Å². The summed E-state index contributed by atoms with van der Waals surface area (Å²) in [5.74, 6) is -0.762. The van der Waals surface area contributed by atoms with E-state index >= 15 is 0 Å². The van der Waals surface area contributed by atoms with Gasteiger partial charge in [0, 0.05) is 24.8 Å². The molecule has 5 heteroatoms. The summed E-state index contributed by atoms with van der Waals surface area (Å²) < 4.78 is 13.2. The van der Waals surface area contributed by atoms with Gasteiger partial charge in [0.25, 0.3) is 0 Å². The topological polar surface area (TPSA) is 58.9 Å². The number of halogens is 1. The Morgan fingerprint density at radius 3 is 2.40 bits per heavy atom. The molecule has 2 aromatic rings. The summed E-state index contributed by atoms with van der Waals surface area (Å²) in [6.07, 6.45) is 4.50. The number of hydrogen-bond donors (Lipinski definition) is 1. The minimum absolute atomic E-state index is 0.0799. The number of aliphatic hydroxyl groups excluding tert-OH is 1. The first-order valence-electron chi connectivity index (χ1n) is 4.33. The zero-order valence-corrected chi connectivity index (χ0v) is 7.71. The quantitative estimate of drug-likeness (QED) is 0.797. The van der Waals surface area contributed by atoms with Crippen LogP contribution in [0, 0.1) is 5.95 Å². The first-order valence-corrected chi connectivity index (χ1v) is 4.33. The summed E-state index contributed by atoms with van der Waals surface area (Å²) in [6.45, 7) is 0. The predicted octanol–water partition coefficient (Wildman–Crippen LogP) is 1.09. The van der Waals surface area contributed by atoms with Crippen LogP contribution in [0.3, 0.4) is 0 Å². The first kappa shape index (κ1) is 9.67. The molecule has 0 aliphatic rings. The smallest absolute Gasteiger partial charge is 0.237 e. The van der Waals surface area contributed by atoms with Gasteiger partial charge in [0.05, 0.1) is 0 Å². The maximum atomic E-state index is 13.2. The molecule has 0 amide bonds. The third-order valence-electron chi connectivity index (χ3n) is 1.96. The molecule has 76 valence electrons. The Hall–Kier alpha value is -1.88. The minimum Gasteiger partial charge on any atom is -0.382 e. The summed E-state index contributed by atoms with van der Waals surface area (Å²) in [6, 6.07) is 3.19. The van der Waals surface area contributed by atoms with E-state index in [1.165, 1.54) is 24.8 Å². The van der Waals surface area contributed by atoms with E-state index in [0.717, 1.165) is 0 Å². The van der Waals surface area contributed by atoms with Crippen molar-refractivity contribution in [3.05, 3.63) is 54.1 Å². The van der Waals surface area contributed by atoms with Gasteiger partial charge in [0.15, 0.2) is 0 Å². The van der Waals surface area contributed by atoms with Crippen LogP contribution in [0.4, 0.5) is 4.39 Å². The van der Waals surface area contributed by atoms with Crippen LogP contribution in [0.1, 0.15) is 17.4 Å². The fourth-order valence-electron chi connectivity index (χ4n) is 1.22. The molecule has 15 heavy (non-hydrogen) atoms. The standard InChI is InChI=1S/C10H8FN3O/c11-10-8(13-5-6-14-10)9(15)7-1-3-12-4-2-7/h1-6,9,15H. The minimum atomic E-state index is -1.11. The molecule has 0 saturated carbocycles. The van der Waals surface area contributed by atoms with Crippen LogP contribution >= 0.6 is 0 Å². The second-order valence-electron chi connectivity index (χ2n) is 2.92. The van der Waals surface area contributed by atoms with Gasteiger partial charge in [-0.1, -0.05) is 0 Å². The van der Waals surface area contributed by atoms with Crippen LogP contribution in [0.5, 0.6) is 0 Å². The van der Waals surface area contributed by atoms with Gasteiger partial charge < -0.3 is 5.11 Å². The Bertz CT molecular complexity index is 449. The summed E-state index contributed by atoms with van der Waals surface area (Å²) in [5.41, 5.74) is 0.452. The van der Waals surface area contributed by atoms with Crippen molar-refractivity contribution in [1.82, 2.24) is 15.0 Å². The highest BCUT2D eigenvalue weighted by Gasteiger charge is 2.16. The largest absolute Gasteiger partial charge is 0.382 e. The number of aliphatic hydroxyl groups is 1. The van der Waals surface area contributed by atoms with E-state index in [0.29, 0.717) is 5.56 Å². The van der Waals surface area contributed by atoms with E-state index in [2.05, 4.69) is 15.0 Å². The molecular weight excluding hydrogens is 197 g/mol. The Labute approximate surface area is 85.5 Å². The molecule has 0 aromatic carbocycles. The zero-order valence-electron chi connectivity index (χ0n) is 7.71. The van der Waals surface area contributed by atoms with Crippen LogP contribution < -0.4 is 0 Å². The van der Waals surface area contributed by atoms with Crippen molar-refractivity contribution in [1.29, 1.82) is 0 Å². The van der Waals surface area contributed by atoms with Crippen LogP contribution in [0.2, 0.25) is 0 Å². The molecule has 4 nitrogen and oxygen atoms in total. The highest BCUT2D eigenvalue weighted by atomic mass is 19.1. The lowest BCUT2D eigenvalue weighted by Crippen LogP contribution is -2.06. The molecule has 2 aromatic heterocycles. The number of pyridine rings is 1. The molecule has 0 bridgehead atoms. The molecule has 0 radical (unpaired) electrons. The van der Waals surface area contributed by atoms with Gasteiger partial charge in [0.1, 0.15) is 11.8 Å². The lowest BCUT2D eigenvalue weighted by atomic mass is 10.1. The van der Waals surface area contributed by atoms with Crippen molar-refractivity contribution in [2.45, 2.75) is 6.10 Å². The van der Waals surface area contributed by atoms with Crippen molar-refractivity contribution in [3.63, 3.8) is 0 Å². The van der Waals surface area contributed by atoms with Gasteiger partial charge in [-0.15, -0.1) is 0 Å². The fraction of sp³-hybridized carbons (Fsp3) is 0.100. The molecule has 0 aliphatic carbocycles. The van der Waals surface area contributed by atoms with Crippen molar-refractivity contribution >= 4 is 0 Å². The summed E-state index contributed by atoms with van der Waals surface area (Å²) in [5, 5.41) is 9.80. The lowest BCUT2D eigenvalue weighted by molar-refractivity contribution is 0.207. The molecule has 1 atom stereocenters. The second kappa shape index (κ2) is 4.10. The Balaban J connectivity index is 2.37. The van der Waals surface area contributed by atoms with E-state index in [-0.39, 0.29) is 5.69 Å². The predicted molar refractivity (Wildman–Crippen MR) is 50.3 cm³/mol. The Morgan fingerprint density at radius 2 is 1.73 bits per heavy atom. The van der Waals surface area contributed by atoms with Crippen molar-refractivity contribution in [2.24, 2.45) is 0 Å². The Kier molecular flexibility index (Phi) is 2.64. The molecule has 0 fully saturated rings. The summed E-state index contributed by atoms with van der Waals surface area (Å²) in [7, 11) is 0. The van der Waals surface area contributed by atoms with Gasteiger partial charge in [-0.05, 0) is 17.7 Å². The van der Waals surface area contributed by atoms with Crippen LogP contribution in [-0.2, 0) is 0 Å². The van der Waals surface area contributed by atoms with E-state index in [1.807, 2.05) is 0 Å². The van der Waals surface area contributed by atoms with E-state index in [9.17, 15) is 9.50 Å². The van der Waals surface area contributed by atoms with Crippen LogP contribution in [0.25, 0.3) is 0 Å². The van der Waals surface area contributed by atoms with Gasteiger partial charge in [0.2, 0.25) is 5.95 Å². The van der Waals surface area contributed by atoms with Crippen LogP contribution in [-0.4, -0.2) is 20.1 Å². The number of aromatic nitrogens is 3. The van der Waals surface area contributed by atoms with E-state index in [1.54, 1.807) is 12.1 Å². The molecule has 2 heterocycles. The second-order valence-corrected chi connectivity index (χ2v) is 2.92. The van der Waals surface area contributed by atoms with Crippen molar-refractivity contribution in [2.75, 3.05) is 0 Å². The fourth-order valence-corrected chi connectivity index (χ4v) is 1.22. The number of rotatable bonds is 2. The molecular formula is C10H8FN3O. The number of nitrogens with zero attached hydrogens (tertiary/aromatic N) is 3. The molecule has 0 spiro atoms. The molecule has 1 unspecified atom stereocenters. The summed E-state index contributed by atoms with van der Waals surface area (Å²) >= 11 is 0. The zero-order chi connectivity index (χ0) is 10.7. The summed E-state index contributed by atoms with van der Waals surface area (Å²) in [4.78, 5) is 11.0. The lowest BCUT2D eigenvalue weighted by Gasteiger charge is -2.09. The van der Waals surface area contributed by atoms with E-state index in [4.69, 9.17) is 0 Å². The van der Waals surface area contributed by atoms with Gasteiger partial charge >= 0.3 is 0 Å². The third kappa shape index (κ3) is 1.97. The average Bonchev–Trinajstić information content (AvgIpc) is 2.30. The first-order chi connectivity index (χ1) is 7.29. The third-order valence-corrected chi connectivity index (χ3v) is 1.96. The molecule has 2 rings (SSSR count). The highest BCUT2D eigenvalue weighted by molar-refractivity contribution is 5.22. The van der Waals surface area contributed by atoms with Crippen molar-refractivity contribution in [3.8, 4) is 0 Å². The van der Waals surface area contributed by atoms with Crippen LogP contribution in [0.15, 0.2) is 36.9 Å². The normalized spacial score (nSPS) is 12.4. The number of hydrogen-bond acceptors (Lipinski definition) is 4. The van der Waals surface area contributed by atoms with Gasteiger partial charge in [-0.3, -0.25) is 9.97 Å². The van der Waals surface area contributed by atoms with E-state index < -0.39 is 12.1 Å². The maximum absolute atomic E-state index is 13.2.